The van der Waals surface area contributed by atoms with Crippen LogP contribution in [-0.2, 0) is 19.2 Å². The summed E-state index contributed by atoms with van der Waals surface area (Å²) in [4.78, 5) is 53.8. The second-order valence-electron chi connectivity index (χ2n) is 9.68. The molecule has 0 radical (unpaired) electrons. The molecule has 4 N–H and O–H groups in total. The van der Waals surface area contributed by atoms with Crippen LogP contribution in [0.2, 0.25) is 0 Å². The fourth-order valence-electron chi connectivity index (χ4n) is 5.31. The van der Waals surface area contributed by atoms with E-state index in [-0.39, 0.29) is 56.5 Å². The van der Waals surface area contributed by atoms with Crippen molar-refractivity contribution in [3.63, 3.8) is 0 Å². The zero-order chi connectivity index (χ0) is 25.2. The van der Waals surface area contributed by atoms with Gasteiger partial charge in [0.1, 0.15) is 17.0 Å². The third-order valence-electron chi connectivity index (χ3n) is 7.14. The molecular weight excluding hydrogens is 436 g/mol. The van der Waals surface area contributed by atoms with E-state index in [1.165, 1.54) is 0 Å². The van der Waals surface area contributed by atoms with Gasteiger partial charge in [-0.1, -0.05) is 39.5 Å². The van der Waals surface area contributed by atoms with Gasteiger partial charge in [0, 0.05) is 43.1 Å². The standard InChI is InChI=1S/C26H40N2O6/c1-3-5-7-11-20(29)26(21(30)12-8-6-4-2)18-25(15-13-22(31)32,16-14-23(33)34)28-24(26)19-10-9-17-27-19/h9-10,17,24,27-28H,3-8,11-16,18H2,1-2H3,(H,31,32)(H,33,34). The number of H-pyrrole nitrogens is 1. The Morgan fingerprint density at radius 2 is 1.41 bits per heavy atom. The molecule has 0 saturated carbocycles. The van der Waals surface area contributed by atoms with Gasteiger partial charge >= 0.3 is 11.9 Å². The Hall–Kier alpha value is -2.48. The summed E-state index contributed by atoms with van der Waals surface area (Å²) in [6.07, 6.45) is 7.42. The Bertz CT molecular complexity index is 792. The molecule has 1 fully saturated rings. The minimum Gasteiger partial charge on any atom is -0.481 e. The summed E-state index contributed by atoms with van der Waals surface area (Å²) in [5, 5.41) is 22.2. The van der Waals surface area contributed by atoms with Gasteiger partial charge in [0.2, 0.25) is 0 Å². The minimum atomic E-state index is -1.34. The van der Waals surface area contributed by atoms with Crippen LogP contribution in [0.3, 0.4) is 0 Å². The molecule has 1 unspecified atom stereocenters. The minimum absolute atomic E-state index is 0.123. The maximum atomic E-state index is 13.9. The Balaban J connectivity index is 2.55. The zero-order valence-corrected chi connectivity index (χ0v) is 20.5. The molecule has 0 aromatic carbocycles. The van der Waals surface area contributed by atoms with Crippen molar-refractivity contribution in [3.8, 4) is 0 Å². The Morgan fingerprint density at radius 1 is 0.882 bits per heavy atom. The van der Waals surface area contributed by atoms with Crippen molar-refractivity contribution in [1.29, 1.82) is 0 Å². The number of aromatic amines is 1. The number of rotatable bonds is 17. The molecule has 1 atom stereocenters. The summed E-state index contributed by atoms with van der Waals surface area (Å²) in [6.45, 7) is 4.11. The normalized spacial score (nSPS) is 18.6. The van der Waals surface area contributed by atoms with Crippen molar-refractivity contribution in [2.75, 3.05) is 0 Å². The first kappa shape index (κ1) is 27.8. The summed E-state index contributed by atoms with van der Waals surface area (Å²) in [5.41, 5.74) is -1.59. The third-order valence-corrected chi connectivity index (χ3v) is 7.14. The van der Waals surface area contributed by atoms with Crippen LogP contribution in [0, 0.1) is 5.41 Å². The highest BCUT2D eigenvalue weighted by Gasteiger charge is 2.61. The summed E-state index contributed by atoms with van der Waals surface area (Å²) in [7, 11) is 0. The van der Waals surface area contributed by atoms with Crippen LogP contribution < -0.4 is 5.32 Å². The number of nitrogens with one attached hydrogen (secondary N) is 2. The molecule has 0 amide bonds. The lowest BCUT2D eigenvalue weighted by molar-refractivity contribution is -0.142. The number of carbonyl (C=O) groups excluding carboxylic acids is 2. The number of aromatic nitrogens is 1. The molecule has 0 aliphatic carbocycles. The molecule has 0 spiro atoms. The van der Waals surface area contributed by atoms with Gasteiger partial charge in [-0.2, -0.15) is 0 Å². The van der Waals surface area contributed by atoms with Gasteiger partial charge in [-0.25, -0.2) is 0 Å². The van der Waals surface area contributed by atoms with Gasteiger partial charge in [-0.15, -0.1) is 0 Å². The molecule has 1 aliphatic heterocycles. The predicted octanol–water partition coefficient (Wildman–Crippen LogP) is 4.80. The van der Waals surface area contributed by atoms with Crippen molar-refractivity contribution in [2.45, 2.75) is 109 Å². The lowest BCUT2D eigenvalue weighted by Crippen LogP contribution is -2.44. The van der Waals surface area contributed by atoms with Crippen molar-refractivity contribution in [1.82, 2.24) is 10.3 Å². The first-order valence-electron chi connectivity index (χ1n) is 12.6. The Labute approximate surface area is 201 Å². The smallest absolute Gasteiger partial charge is 0.303 e. The molecule has 8 heteroatoms. The third kappa shape index (κ3) is 6.78. The number of unbranched alkanes of at least 4 members (excludes halogenated alkanes) is 4. The lowest BCUT2D eigenvalue weighted by atomic mass is 9.66. The summed E-state index contributed by atoms with van der Waals surface area (Å²) >= 11 is 0. The highest BCUT2D eigenvalue weighted by molar-refractivity contribution is 6.08. The molecular formula is C26H40N2O6. The molecule has 0 bridgehead atoms. The SMILES string of the molecule is CCCCCC(=O)C1(C(=O)CCCCC)CC(CCC(=O)O)(CCC(=O)O)NC1c1ccc[nH]1. The van der Waals surface area contributed by atoms with Gasteiger partial charge < -0.3 is 20.5 Å². The number of hydrogen-bond donors (Lipinski definition) is 4. The summed E-state index contributed by atoms with van der Waals surface area (Å²) in [6, 6.07) is 2.99. The summed E-state index contributed by atoms with van der Waals surface area (Å²) in [5.74, 6) is -2.23. The number of hydrogen-bond acceptors (Lipinski definition) is 5. The second-order valence-corrected chi connectivity index (χ2v) is 9.68. The maximum Gasteiger partial charge on any atom is 0.303 e. The van der Waals surface area contributed by atoms with Gasteiger partial charge in [-0.05, 0) is 44.2 Å². The zero-order valence-electron chi connectivity index (χ0n) is 20.5. The highest BCUT2D eigenvalue weighted by Crippen LogP contribution is 2.53. The predicted molar refractivity (Wildman–Crippen MR) is 128 cm³/mol. The van der Waals surface area contributed by atoms with E-state index in [0.717, 1.165) is 25.7 Å². The van der Waals surface area contributed by atoms with Gasteiger partial charge in [0.05, 0.1) is 6.04 Å². The quantitative estimate of drug-likeness (QED) is 0.187. The van der Waals surface area contributed by atoms with Crippen LogP contribution in [0.25, 0.3) is 0 Å². The largest absolute Gasteiger partial charge is 0.481 e. The van der Waals surface area contributed by atoms with Crippen LogP contribution in [0.15, 0.2) is 18.3 Å². The highest BCUT2D eigenvalue weighted by atomic mass is 16.4. The number of ketones is 2. The molecule has 2 heterocycles. The van der Waals surface area contributed by atoms with E-state index >= 15 is 0 Å². The van der Waals surface area contributed by atoms with E-state index in [0.29, 0.717) is 18.5 Å². The van der Waals surface area contributed by atoms with E-state index in [1.54, 1.807) is 12.3 Å². The number of aliphatic carboxylic acids is 2. The molecule has 2 rings (SSSR count). The van der Waals surface area contributed by atoms with Crippen molar-refractivity contribution in [3.05, 3.63) is 24.0 Å². The van der Waals surface area contributed by atoms with Crippen molar-refractivity contribution >= 4 is 23.5 Å². The van der Waals surface area contributed by atoms with Gasteiger partial charge in [0.25, 0.3) is 0 Å². The second kappa shape index (κ2) is 12.8. The van der Waals surface area contributed by atoms with E-state index in [1.807, 2.05) is 6.07 Å². The fraction of sp³-hybridized carbons (Fsp3) is 0.692. The molecule has 1 saturated heterocycles. The number of carbonyl (C=O) groups is 4. The lowest BCUT2D eigenvalue weighted by Gasteiger charge is -2.33. The van der Waals surface area contributed by atoms with E-state index in [2.05, 4.69) is 24.1 Å². The molecule has 1 aromatic heterocycles. The Morgan fingerprint density at radius 3 is 1.82 bits per heavy atom. The van der Waals surface area contributed by atoms with E-state index < -0.39 is 28.9 Å². The molecule has 34 heavy (non-hydrogen) atoms. The van der Waals surface area contributed by atoms with Crippen LogP contribution in [0.5, 0.6) is 0 Å². The number of carboxylic acids is 2. The fourth-order valence-corrected chi connectivity index (χ4v) is 5.31. The van der Waals surface area contributed by atoms with E-state index in [4.69, 9.17) is 0 Å². The van der Waals surface area contributed by atoms with E-state index in [9.17, 15) is 29.4 Å². The summed E-state index contributed by atoms with van der Waals surface area (Å²) < 4.78 is 0. The first-order chi connectivity index (χ1) is 16.2. The topological polar surface area (TPSA) is 137 Å². The molecule has 1 aliphatic rings. The number of carboxylic acid groups (broad SMARTS) is 2. The van der Waals surface area contributed by atoms with Crippen LogP contribution >= 0.6 is 0 Å². The number of Topliss-reactive ketones (excluding diaryl/α,β-unsaturated/α-hetero) is 2. The van der Waals surface area contributed by atoms with Gasteiger partial charge in [0.15, 0.2) is 0 Å². The monoisotopic (exact) mass is 476 g/mol. The molecule has 190 valence electrons. The maximum absolute atomic E-state index is 13.9. The van der Waals surface area contributed by atoms with Crippen molar-refractivity contribution < 1.29 is 29.4 Å². The van der Waals surface area contributed by atoms with Crippen molar-refractivity contribution in [2.24, 2.45) is 5.41 Å². The van der Waals surface area contributed by atoms with Crippen LogP contribution in [0.4, 0.5) is 0 Å². The van der Waals surface area contributed by atoms with Crippen LogP contribution in [-0.4, -0.2) is 44.2 Å². The molecule has 1 aromatic rings. The molecule has 8 nitrogen and oxygen atoms in total. The van der Waals surface area contributed by atoms with Crippen LogP contribution in [0.1, 0.15) is 109 Å². The average Bonchev–Trinajstić information content (AvgIpc) is 3.44. The first-order valence-corrected chi connectivity index (χ1v) is 12.6. The van der Waals surface area contributed by atoms with Gasteiger partial charge in [-0.3, -0.25) is 19.2 Å². The average molecular weight is 477 g/mol. The Kier molecular flexibility index (Phi) is 10.5.